The molecule has 8 heteroatoms. The molecule has 0 radical (unpaired) electrons. The molecule has 2 aromatic rings. The van der Waals surface area contributed by atoms with Crippen LogP contribution in [0.3, 0.4) is 0 Å². The summed E-state index contributed by atoms with van der Waals surface area (Å²) in [6.45, 7) is 6.34. The Kier molecular flexibility index (Phi) is 10.2. The number of hydrogen-bond donors (Lipinski definition) is 1. The molecule has 7 nitrogen and oxygen atoms in total. The highest BCUT2D eigenvalue weighted by Crippen LogP contribution is 2.15. The number of furan rings is 1. The van der Waals surface area contributed by atoms with Crippen LogP contribution in [0.1, 0.15) is 35.6 Å². The Morgan fingerprint density at radius 1 is 1.13 bits per heavy atom. The number of piperazine rings is 1. The Bertz CT molecular complexity index is 775. The van der Waals surface area contributed by atoms with Crippen molar-refractivity contribution in [1.29, 1.82) is 0 Å². The van der Waals surface area contributed by atoms with Gasteiger partial charge in [-0.15, -0.1) is 24.0 Å². The maximum absolute atomic E-state index is 12.4. The summed E-state index contributed by atoms with van der Waals surface area (Å²) in [5.74, 6) is 1.21. The lowest BCUT2D eigenvalue weighted by molar-refractivity contribution is 0.0636. The van der Waals surface area contributed by atoms with Gasteiger partial charge >= 0.3 is 0 Å². The van der Waals surface area contributed by atoms with Crippen molar-refractivity contribution >= 4 is 35.8 Å². The molecule has 1 fully saturated rings. The monoisotopic (exact) mass is 526 g/mol. The molecule has 2 heterocycles. The van der Waals surface area contributed by atoms with E-state index < -0.39 is 0 Å². The maximum atomic E-state index is 12.4. The van der Waals surface area contributed by atoms with Crippen LogP contribution in [0.15, 0.2) is 58.1 Å². The van der Waals surface area contributed by atoms with Crippen molar-refractivity contribution in [3.63, 3.8) is 0 Å². The lowest BCUT2D eigenvalue weighted by Gasteiger charge is -2.36. The molecular formula is C22H31IN4O3. The summed E-state index contributed by atoms with van der Waals surface area (Å²) in [7, 11) is 1.79. The molecule has 0 bridgehead atoms. The number of ether oxygens (including phenoxy) is 1. The molecule has 3 rings (SSSR count). The molecule has 1 aliphatic heterocycles. The van der Waals surface area contributed by atoms with Crippen molar-refractivity contribution in [2.75, 3.05) is 46.4 Å². The van der Waals surface area contributed by atoms with Gasteiger partial charge in [-0.05, 0) is 31.0 Å². The first-order chi connectivity index (χ1) is 14.2. The fraction of sp³-hybridized carbons (Fsp3) is 0.455. The van der Waals surface area contributed by atoms with E-state index in [0.717, 1.165) is 32.0 Å². The lowest BCUT2D eigenvalue weighted by atomic mass is 10.1. The van der Waals surface area contributed by atoms with Gasteiger partial charge in [0, 0.05) is 46.4 Å². The van der Waals surface area contributed by atoms with Crippen LogP contribution in [0.4, 0.5) is 0 Å². The standard InChI is InChI=1S/C22H30N4O3.HI/c1-18(19-8-4-3-5-9-19)28-17-7-11-24-22(23-2)26-14-12-25(13-15-26)21(27)20-10-6-16-29-20;/h3-6,8-10,16,18H,7,11-15,17H2,1-2H3,(H,23,24);1H. The Morgan fingerprint density at radius 2 is 1.83 bits per heavy atom. The topological polar surface area (TPSA) is 70.3 Å². The highest BCUT2D eigenvalue weighted by atomic mass is 127. The second kappa shape index (κ2) is 12.6. The minimum atomic E-state index is -0.0534. The molecule has 1 unspecified atom stereocenters. The number of halogens is 1. The van der Waals surface area contributed by atoms with Crippen molar-refractivity contribution in [2.24, 2.45) is 4.99 Å². The van der Waals surface area contributed by atoms with Gasteiger partial charge in [0.1, 0.15) is 0 Å². The first kappa shape index (κ1) is 24.2. The Hall–Kier alpha value is -2.07. The van der Waals surface area contributed by atoms with Crippen LogP contribution < -0.4 is 5.32 Å². The molecule has 0 saturated carbocycles. The summed E-state index contributed by atoms with van der Waals surface area (Å²) in [6.07, 6.45) is 2.52. The van der Waals surface area contributed by atoms with Crippen molar-refractivity contribution in [3.05, 3.63) is 60.1 Å². The van der Waals surface area contributed by atoms with Crippen molar-refractivity contribution < 1.29 is 13.9 Å². The molecule has 0 spiro atoms. The fourth-order valence-corrected chi connectivity index (χ4v) is 3.36. The Morgan fingerprint density at radius 3 is 2.47 bits per heavy atom. The van der Waals surface area contributed by atoms with Gasteiger partial charge in [-0.3, -0.25) is 9.79 Å². The summed E-state index contributed by atoms with van der Waals surface area (Å²) in [6, 6.07) is 13.7. The maximum Gasteiger partial charge on any atom is 0.289 e. The largest absolute Gasteiger partial charge is 0.459 e. The number of nitrogens with one attached hydrogen (secondary N) is 1. The summed E-state index contributed by atoms with van der Waals surface area (Å²) in [5, 5.41) is 3.40. The van der Waals surface area contributed by atoms with Crippen LogP contribution in [0.2, 0.25) is 0 Å². The van der Waals surface area contributed by atoms with Gasteiger partial charge in [0.05, 0.1) is 12.4 Å². The predicted molar refractivity (Wildman–Crippen MR) is 128 cm³/mol. The van der Waals surface area contributed by atoms with Crippen LogP contribution >= 0.6 is 24.0 Å². The zero-order chi connectivity index (χ0) is 20.5. The van der Waals surface area contributed by atoms with Gasteiger partial charge in [0.2, 0.25) is 0 Å². The van der Waals surface area contributed by atoms with Gasteiger partial charge in [0.25, 0.3) is 5.91 Å². The smallest absolute Gasteiger partial charge is 0.289 e. The molecule has 1 aromatic heterocycles. The number of guanidine groups is 1. The van der Waals surface area contributed by atoms with Gasteiger partial charge in [-0.25, -0.2) is 0 Å². The minimum Gasteiger partial charge on any atom is -0.459 e. The van der Waals surface area contributed by atoms with E-state index in [2.05, 4.69) is 34.3 Å². The summed E-state index contributed by atoms with van der Waals surface area (Å²) in [5.41, 5.74) is 1.19. The first-order valence-corrected chi connectivity index (χ1v) is 10.1. The first-order valence-electron chi connectivity index (χ1n) is 10.1. The van der Waals surface area contributed by atoms with Crippen molar-refractivity contribution in [1.82, 2.24) is 15.1 Å². The number of aliphatic imine (C=N–C) groups is 1. The third-order valence-electron chi connectivity index (χ3n) is 5.05. The van der Waals surface area contributed by atoms with Crippen molar-refractivity contribution in [3.8, 4) is 0 Å². The fourth-order valence-electron chi connectivity index (χ4n) is 3.36. The third kappa shape index (κ3) is 6.73. The normalized spacial score (nSPS) is 15.5. The zero-order valence-electron chi connectivity index (χ0n) is 17.6. The van der Waals surface area contributed by atoms with Crippen LogP contribution in [-0.4, -0.2) is 68.0 Å². The zero-order valence-corrected chi connectivity index (χ0v) is 20.0. The van der Waals surface area contributed by atoms with Gasteiger partial charge in [-0.1, -0.05) is 30.3 Å². The molecule has 164 valence electrons. The van der Waals surface area contributed by atoms with E-state index in [-0.39, 0.29) is 36.0 Å². The third-order valence-corrected chi connectivity index (χ3v) is 5.05. The van der Waals surface area contributed by atoms with E-state index in [9.17, 15) is 4.79 Å². The number of carbonyl (C=O) groups is 1. The number of nitrogens with zero attached hydrogens (tertiary/aromatic N) is 3. The second-order valence-corrected chi connectivity index (χ2v) is 7.01. The molecule has 1 atom stereocenters. The Labute approximate surface area is 195 Å². The molecule has 1 N–H and O–H groups in total. The SMILES string of the molecule is CN=C(NCCCOC(C)c1ccccc1)N1CCN(C(=O)c2ccco2)CC1.I. The second-order valence-electron chi connectivity index (χ2n) is 7.01. The number of carbonyl (C=O) groups excluding carboxylic acids is 1. The summed E-state index contributed by atoms with van der Waals surface area (Å²) in [4.78, 5) is 20.7. The van der Waals surface area contributed by atoms with Crippen LogP contribution in [0.5, 0.6) is 0 Å². The molecular weight excluding hydrogens is 495 g/mol. The van der Waals surface area contributed by atoms with E-state index in [1.54, 1.807) is 19.2 Å². The minimum absolute atomic E-state index is 0. The van der Waals surface area contributed by atoms with E-state index in [0.29, 0.717) is 25.5 Å². The van der Waals surface area contributed by atoms with Gasteiger partial charge in [-0.2, -0.15) is 0 Å². The van der Waals surface area contributed by atoms with E-state index >= 15 is 0 Å². The number of benzene rings is 1. The van der Waals surface area contributed by atoms with E-state index in [1.165, 1.54) is 11.8 Å². The Balaban J connectivity index is 0.00000320. The number of amides is 1. The van der Waals surface area contributed by atoms with Crippen LogP contribution in [-0.2, 0) is 4.74 Å². The van der Waals surface area contributed by atoms with E-state index in [1.807, 2.05) is 23.1 Å². The summed E-state index contributed by atoms with van der Waals surface area (Å²) >= 11 is 0. The molecule has 1 aromatic carbocycles. The highest BCUT2D eigenvalue weighted by Gasteiger charge is 2.25. The average molecular weight is 526 g/mol. The van der Waals surface area contributed by atoms with E-state index in [4.69, 9.17) is 9.15 Å². The van der Waals surface area contributed by atoms with Gasteiger partial charge < -0.3 is 24.3 Å². The highest BCUT2D eigenvalue weighted by molar-refractivity contribution is 14.0. The molecule has 1 aliphatic rings. The van der Waals surface area contributed by atoms with Crippen LogP contribution in [0.25, 0.3) is 0 Å². The average Bonchev–Trinajstić information content (AvgIpc) is 3.31. The van der Waals surface area contributed by atoms with Crippen LogP contribution in [0, 0.1) is 0 Å². The molecule has 1 saturated heterocycles. The molecule has 30 heavy (non-hydrogen) atoms. The van der Waals surface area contributed by atoms with Gasteiger partial charge in [0.15, 0.2) is 11.7 Å². The molecule has 1 amide bonds. The predicted octanol–water partition coefficient (Wildman–Crippen LogP) is 3.40. The van der Waals surface area contributed by atoms with Crippen molar-refractivity contribution in [2.45, 2.75) is 19.4 Å². The summed E-state index contributed by atoms with van der Waals surface area (Å²) < 4.78 is 11.1. The molecule has 0 aliphatic carbocycles. The lowest BCUT2D eigenvalue weighted by Crippen LogP contribution is -2.53. The number of rotatable bonds is 7. The quantitative estimate of drug-likeness (QED) is 0.259. The number of hydrogen-bond acceptors (Lipinski definition) is 4.